The molecule has 1 heterocycles. The second kappa shape index (κ2) is 10.1. The van der Waals surface area contributed by atoms with E-state index < -0.39 is 5.82 Å². The number of nitrogens with zero attached hydrogens (tertiary/aromatic N) is 3. The predicted molar refractivity (Wildman–Crippen MR) is 122 cm³/mol. The Morgan fingerprint density at radius 1 is 1.19 bits per heavy atom. The summed E-state index contributed by atoms with van der Waals surface area (Å²) in [5.41, 5.74) is 4.05. The van der Waals surface area contributed by atoms with Crippen LogP contribution in [0.5, 0.6) is 5.75 Å². The molecule has 0 aliphatic heterocycles. The summed E-state index contributed by atoms with van der Waals surface area (Å²) in [5, 5.41) is 12.6. The third-order valence-electron chi connectivity index (χ3n) is 5.46. The van der Waals surface area contributed by atoms with Gasteiger partial charge in [-0.1, -0.05) is 36.4 Å². The summed E-state index contributed by atoms with van der Waals surface area (Å²) in [6, 6.07) is 16.8. The maximum absolute atomic E-state index is 13.9. The van der Waals surface area contributed by atoms with E-state index in [0.717, 1.165) is 22.4 Å². The van der Waals surface area contributed by atoms with E-state index in [1.165, 1.54) is 13.2 Å². The van der Waals surface area contributed by atoms with Crippen molar-refractivity contribution in [3.63, 3.8) is 0 Å². The van der Waals surface area contributed by atoms with E-state index in [2.05, 4.69) is 11.4 Å². The van der Waals surface area contributed by atoms with E-state index in [1.54, 1.807) is 24.1 Å². The molecule has 2 aromatic carbocycles. The molecule has 0 bridgehead atoms. The number of likely N-dealkylation sites (N-methyl/N-ethyl adjacent to an activating group) is 1. The lowest BCUT2D eigenvalue weighted by Crippen LogP contribution is -2.30. The Hall–Kier alpha value is -3.63. The van der Waals surface area contributed by atoms with Gasteiger partial charge in [0.05, 0.1) is 19.2 Å². The Balaban J connectivity index is 1.74. The molecule has 32 heavy (non-hydrogen) atoms. The summed E-state index contributed by atoms with van der Waals surface area (Å²) >= 11 is 0. The molecule has 0 saturated heterocycles. The fraction of sp³-hybridized carbons (Fsp3) is 0.280. The van der Waals surface area contributed by atoms with Gasteiger partial charge >= 0.3 is 0 Å². The Morgan fingerprint density at radius 2 is 1.91 bits per heavy atom. The van der Waals surface area contributed by atoms with Crippen molar-refractivity contribution in [1.29, 1.82) is 5.26 Å². The highest BCUT2D eigenvalue weighted by Crippen LogP contribution is 2.27. The minimum Gasteiger partial charge on any atom is -0.494 e. The van der Waals surface area contributed by atoms with Crippen molar-refractivity contribution in [3.8, 4) is 11.8 Å². The van der Waals surface area contributed by atoms with Gasteiger partial charge in [0.15, 0.2) is 11.6 Å². The van der Waals surface area contributed by atoms with E-state index in [4.69, 9.17) is 4.74 Å². The second-order valence-electron chi connectivity index (χ2n) is 7.81. The van der Waals surface area contributed by atoms with Crippen LogP contribution in [-0.2, 0) is 17.9 Å². The Labute approximate surface area is 187 Å². The van der Waals surface area contributed by atoms with Gasteiger partial charge in [0.25, 0.3) is 0 Å². The van der Waals surface area contributed by atoms with Crippen LogP contribution in [0.3, 0.4) is 0 Å². The van der Waals surface area contributed by atoms with Gasteiger partial charge in [0.2, 0.25) is 5.91 Å². The maximum Gasteiger partial charge on any atom is 0.239 e. The number of carbonyl (C=O) groups is 1. The van der Waals surface area contributed by atoms with Gasteiger partial charge in [-0.2, -0.15) is 5.26 Å². The normalized spacial score (nSPS) is 10.8. The van der Waals surface area contributed by atoms with Gasteiger partial charge < -0.3 is 14.6 Å². The van der Waals surface area contributed by atoms with Crippen molar-refractivity contribution >= 4 is 11.7 Å². The van der Waals surface area contributed by atoms with Crippen LogP contribution >= 0.6 is 0 Å². The molecular formula is C25H27FN4O2. The molecule has 6 nitrogen and oxygen atoms in total. The summed E-state index contributed by atoms with van der Waals surface area (Å²) in [6.07, 6.45) is 0. The van der Waals surface area contributed by atoms with Gasteiger partial charge in [0.1, 0.15) is 11.9 Å². The lowest BCUT2D eigenvalue weighted by atomic mass is 10.2. The zero-order valence-corrected chi connectivity index (χ0v) is 18.8. The monoisotopic (exact) mass is 434 g/mol. The van der Waals surface area contributed by atoms with Crippen LogP contribution in [0, 0.1) is 31.0 Å². The summed E-state index contributed by atoms with van der Waals surface area (Å²) in [6.45, 7) is 4.86. The lowest BCUT2D eigenvalue weighted by molar-refractivity contribution is -0.117. The standard InChI is InChI=1S/C25H27FN4O2/c1-17-18(2)30(15-19-8-6-5-7-9-19)25(21(17)13-27)28-24(31)16-29(3)14-20-10-11-23(32-4)22(26)12-20/h5-12H,14-16H2,1-4H3,(H,28,31). The third-order valence-corrected chi connectivity index (χ3v) is 5.46. The van der Waals surface area contributed by atoms with Gasteiger partial charge in [-0.05, 0) is 49.7 Å². The topological polar surface area (TPSA) is 70.3 Å². The maximum atomic E-state index is 13.9. The number of amides is 1. The van der Waals surface area contributed by atoms with Crippen LogP contribution in [-0.4, -0.2) is 36.1 Å². The van der Waals surface area contributed by atoms with Crippen molar-refractivity contribution in [2.45, 2.75) is 26.9 Å². The largest absolute Gasteiger partial charge is 0.494 e. The Bertz CT molecular complexity index is 1150. The van der Waals surface area contributed by atoms with Gasteiger partial charge in [-0.3, -0.25) is 9.69 Å². The highest BCUT2D eigenvalue weighted by molar-refractivity contribution is 5.93. The summed E-state index contributed by atoms with van der Waals surface area (Å²) in [4.78, 5) is 14.6. The molecule has 0 fully saturated rings. The zero-order chi connectivity index (χ0) is 23.3. The van der Waals surface area contributed by atoms with Crippen LogP contribution in [0.1, 0.15) is 27.9 Å². The predicted octanol–water partition coefficient (Wildman–Crippen LogP) is 4.24. The number of hydrogen-bond donors (Lipinski definition) is 1. The van der Waals surface area contributed by atoms with Crippen molar-refractivity contribution in [1.82, 2.24) is 9.47 Å². The molecular weight excluding hydrogens is 407 g/mol. The molecule has 0 atom stereocenters. The van der Waals surface area contributed by atoms with Crippen LogP contribution in [0.25, 0.3) is 0 Å². The van der Waals surface area contributed by atoms with Crippen molar-refractivity contribution in [3.05, 3.63) is 82.3 Å². The molecule has 166 valence electrons. The van der Waals surface area contributed by atoms with Gasteiger partial charge in [0, 0.05) is 18.8 Å². The lowest BCUT2D eigenvalue weighted by Gasteiger charge is -2.18. The van der Waals surface area contributed by atoms with Crippen molar-refractivity contribution < 1.29 is 13.9 Å². The molecule has 0 aliphatic rings. The molecule has 0 aliphatic carbocycles. The highest BCUT2D eigenvalue weighted by atomic mass is 19.1. The number of benzene rings is 2. The minimum atomic E-state index is -0.439. The average Bonchev–Trinajstić information content (AvgIpc) is 2.98. The molecule has 0 saturated carbocycles. The number of rotatable bonds is 8. The SMILES string of the molecule is COc1ccc(CN(C)CC(=O)Nc2c(C#N)c(C)c(C)n2Cc2ccccc2)cc1F. The fourth-order valence-electron chi connectivity index (χ4n) is 3.69. The minimum absolute atomic E-state index is 0.0904. The summed E-state index contributed by atoms with van der Waals surface area (Å²) in [7, 11) is 3.20. The highest BCUT2D eigenvalue weighted by Gasteiger charge is 2.20. The average molecular weight is 435 g/mol. The first-order valence-corrected chi connectivity index (χ1v) is 10.3. The molecule has 0 radical (unpaired) electrons. The molecule has 1 aromatic heterocycles. The van der Waals surface area contributed by atoms with Crippen LogP contribution in [0.15, 0.2) is 48.5 Å². The molecule has 3 aromatic rings. The quantitative estimate of drug-likeness (QED) is 0.576. The molecule has 0 spiro atoms. The molecule has 1 N–H and O–H groups in total. The second-order valence-corrected chi connectivity index (χ2v) is 7.81. The van der Waals surface area contributed by atoms with Crippen LogP contribution < -0.4 is 10.1 Å². The molecule has 7 heteroatoms. The first-order valence-electron chi connectivity index (χ1n) is 10.3. The smallest absolute Gasteiger partial charge is 0.239 e. The fourth-order valence-corrected chi connectivity index (χ4v) is 3.69. The van der Waals surface area contributed by atoms with E-state index in [9.17, 15) is 14.4 Å². The van der Waals surface area contributed by atoms with Crippen LogP contribution in [0.4, 0.5) is 10.2 Å². The number of halogens is 1. The van der Waals surface area contributed by atoms with E-state index >= 15 is 0 Å². The molecule has 0 unspecified atom stereocenters. The van der Waals surface area contributed by atoms with Gasteiger partial charge in [-0.15, -0.1) is 0 Å². The Morgan fingerprint density at radius 3 is 2.53 bits per heavy atom. The summed E-state index contributed by atoms with van der Waals surface area (Å²) < 4.78 is 20.8. The van der Waals surface area contributed by atoms with Crippen molar-refractivity contribution in [2.24, 2.45) is 0 Å². The zero-order valence-electron chi connectivity index (χ0n) is 18.8. The van der Waals surface area contributed by atoms with Crippen molar-refractivity contribution in [2.75, 3.05) is 26.0 Å². The van der Waals surface area contributed by atoms with E-state index in [1.807, 2.05) is 48.7 Å². The molecule has 1 amide bonds. The number of nitriles is 1. The number of ether oxygens (including phenoxy) is 1. The number of hydrogen-bond acceptors (Lipinski definition) is 4. The van der Waals surface area contributed by atoms with E-state index in [-0.39, 0.29) is 18.2 Å². The Kier molecular flexibility index (Phi) is 7.29. The number of aromatic nitrogens is 1. The number of nitrogens with one attached hydrogen (secondary N) is 1. The van der Waals surface area contributed by atoms with Gasteiger partial charge in [-0.25, -0.2) is 4.39 Å². The third kappa shape index (κ3) is 5.16. The molecule has 3 rings (SSSR count). The first-order chi connectivity index (χ1) is 15.3. The van der Waals surface area contributed by atoms with Crippen LogP contribution in [0.2, 0.25) is 0 Å². The number of anilines is 1. The number of carbonyl (C=O) groups excluding carboxylic acids is 1. The number of methoxy groups -OCH3 is 1. The summed E-state index contributed by atoms with van der Waals surface area (Å²) in [5.74, 6) is -0.000611. The van der Waals surface area contributed by atoms with E-state index in [0.29, 0.717) is 24.5 Å². The first kappa shape index (κ1) is 23.0.